The zero-order valence-electron chi connectivity index (χ0n) is 19.2. The number of carbonyl (C=O) groups is 3. The third kappa shape index (κ3) is 4.59. The van der Waals surface area contributed by atoms with Crippen molar-refractivity contribution < 1.29 is 19.1 Å². The van der Waals surface area contributed by atoms with Gasteiger partial charge in [0, 0.05) is 25.3 Å². The first-order valence-corrected chi connectivity index (χ1v) is 11.0. The summed E-state index contributed by atoms with van der Waals surface area (Å²) in [6.07, 6.45) is 0. The van der Waals surface area contributed by atoms with Crippen molar-refractivity contribution in [3.63, 3.8) is 0 Å². The predicted molar refractivity (Wildman–Crippen MR) is 132 cm³/mol. The molecule has 0 aromatic heterocycles. The Hall–Kier alpha value is -4.26. The molecule has 4 rings (SSSR count). The number of benzene rings is 3. The van der Waals surface area contributed by atoms with E-state index < -0.39 is 11.9 Å². The summed E-state index contributed by atoms with van der Waals surface area (Å²) in [6.45, 7) is 3.52. The number of nitrogens with zero attached hydrogens (tertiary/aromatic N) is 2. The van der Waals surface area contributed by atoms with Crippen LogP contribution in [-0.2, 0) is 14.3 Å². The highest BCUT2D eigenvalue weighted by Crippen LogP contribution is 2.37. The fourth-order valence-corrected chi connectivity index (χ4v) is 3.85. The fraction of sp³-hybridized carbons (Fsp3) is 0.185. The molecule has 3 aromatic rings. The second-order valence-corrected chi connectivity index (χ2v) is 7.90. The van der Waals surface area contributed by atoms with E-state index in [1.807, 2.05) is 54.6 Å². The number of amides is 2. The zero-order valence-corrected chi connectivity index (χ0v) is 19.2. The molecule has 3 aromatic carbocycles. The quantitative estimate of drug-likeness (QED) is 0.431. The van der Waals surface area contributed by atoms with Crippen molar-refractivity contribution in [3.05, 3.63) is 89.5 Å². The number of ether oxygens (including phenoxy) is 1. The Morgan fingerprint density at radius 1 is 1.00 bits per heavy atom. The van der Waals surface area contributed by atoms with Crippen LogP contribution in [0.1, 0.15) is 41.3 Å². The van der Waals surface area contributed by atoms with E-state index in [0.717, 1.165) is 16.8 Å². The summed E-state index contributed by atoms with van der Waals surface area (Å²) in [6, 6.07) is 21.9. The Morgan fingerprint density at radius 2 is 1.71 bits per heavy atom. The molecule has 1 atom stereocenters. The molecule has 1 aliphatic rings. The summed E-state index contributed by atoms with van der Waals surface area (Å²) in [5.74, 6) is -1.36. The van der Waals surface area contributed by atoms with Crippen LogP contribution in [0.3, 0.4) is 0 Å². The lowest BCUT2D eigenvalue weighted by Gasteiger charge is -2.16. The van der Waals surface area contributed by atoms with E-state index in [0.29, 0.717) is 22.6 Å². The zero-order chi connectivity index (χ0) is 24.2. The summed E-state index contributed by atoms with van der Waals surface area (Å²) in [5, 5.41) is 2.89. The number of fused-ring (bicyclic) bond motifs is 1. The Morgan fingerprint density at radius 3 is 2.35 bits per heavy atom. The van der Waals surface area contributed by atoms with Gasteiger partial charge in [-0.1, -0.05) is 36.4 Å². The lowest BCUT2D eigenvalue weighted by Crippen LogP contribution is -2.22. The summed E-state index contributed by atoms with van der Waals surface area (Å²) < 4.78 is 5.08. The molecule has 0 bridgehead atoms. The van der Waals surface area contributed by atoms with E-state index in [-0.39, 0.29) is 18.4 Å². The number of carbonyl (C=O) groups excluding carboxylic acids is 3. The van der Waals surface area contributed by atoms with Crippen LogP contribution in [0, 0.1) is 0 Å². The van der Waals surface area contributed by atoms with Gasteiger partial charge in [-0.25, -0.2) is 4.79 Å². The molecule has 0 saturated heterocycles. The average Bonchev–Trinajstić information content (AvgIpc) is 3.17. The van der Waals surface area contributed by atoms with Gasteiger partial charge in [0.1, 0.15) is 5.92 Å². The van der Waals surface area contributed by atoms with Gasteiger partial charge in [0.25, 0.3) is 0 Å². The number of rotatable bonds is 6. The van der Waals surface area contributed by atoms with Gasteiger partial charge in [0.2, 0.25) is 11.8 Å². The Balaban J connectivity index is 1.76. The van der Waals surface area contributed by atoms with Crippen molar-refractivity contribution in [2.75, 3.05) is 23.9 Å². The normalized spacial score (nSPS) is 14.9. The van der Waals surface area contributed by atoms with E-state index in [2.05, 4.69) is 5.32 Å². The average molecular weight is 456 g/mol. The van der Waals surface area contributed by atoms with Gasteiger partial charge in [0.15, 0.2) is 0 Å². The highest BCUT2D eigenvalue weighted by Gasteiger charge is 2.36. The lowest BCUT2D eigenvalue weighted by atomic mass is 9.90. The largest absolute Gasteiger partial charge is 0.462 e. The van der Waals surface area contributed by atoms with Crippen molar-refractivity contribution in [1.29, 1.82) is 0 Å². The van der Waals surface area contributed by atoms with Crippen molar-refractivity contribution in [2.45, 2.75) is 19.8 Å². The van der Waals surface area contributed by atoms with Crippen LogP contribution in [0.25, 0.3) is 0 Å². The van der Waals surface area contributed by atoms with Crippen LogP contribution in [0.15, 0.2) is 77.8 Å². The van der Waals surface area contributed by atoms with Crippen molar-refractivity contribution in [2.24, 2.45) is 4.99 Å². The van der Waals surface area contributed by atoms with Gasteiger partial charge in [-0.3, -0.25) is 14.6 Å². The van der Waals surface area contributed by atoms with Crippen molar-refractivity contribution in [3.8, 4) is 0 Å². The molecular weight excluding hydrogens is 430 g/mol. The molecule has 1 N–H and O–H groups in total. The molecule has 0 spiro atoms. The third-order valence-electron chi connectivity index (χ3n) is 5.70. The molecular formula is C27H25N3O4. The molecule has 0 saturated carbocycles. The minimum atomic E-state index is -0.645. The van der Waals surface area contributed by atoms with Crippen LogP contribution in [0.5, 0.6) is 0 Å². The van der Waals surface area contributed by atoms with Crippen molar-refractivity contribution >= 4 is 40.6 Å². The molecule has 1 heterocycles. The molecule has 34 heavy (non-hydrogen) atoms. The third-order valence-corrected chi connectivity index (χ3v) is 5.70. The molecule has 0 aliphatic carbocycles. The highest BCUT2D eigenvalue weighted by molar-refractivity contribution is 6.24. The highest BCUT2D eigenvalue weighted by atomic mass is 16.5. The Bertz CT molecular complexity index is 1270. The van der Waals surface area contributed by atoms with Crippen LogP contribution >= 0.6 is 0 Å². The molecule has 7 nitrogen and oxygen atoms in total. The van der Waals surface area contributed by atoms with Gasteiger partial charge in [0.05, 0.1) is 23.6 Å². The monoisotopic (exact) mass is 455 g/mol. The number of hydrogen-bond donors (Lipinski definition) is 1. The van der Waals surface area contributed by atoms with Crippen LogP contribution in [0.2, 0.25) is 0 Å². The molecule has 172 valence electrons. The summed E-state index contributed by atoms with van der Waals surface area (Å²) in [4.78, 5) is 43.3. The smallest absolute Gasteiger partial charge is 0.338 e. The molecule has 0 radical (unpaired) electrons. The van der Waals surface area contributed by atoms with Crippen molar-refractivity contribution in [1.82, 2.24) is 0 Å². The van der Waals surface area contributed by atoms with E-state index in [1.165, 1.54) is 6.92 Å². The minimum Gasteiger partial charge on any atom is -0.462 e. The van der Waals surface area contributed by atoms with Crippen LogP contribution in [0.4, 0.5) is 17.1 Å². The van der Waals surface area contributed by atoms with Gasteiger partial charge < -0.3 is 15.0 Å². The van der Waals surface area contributed by atoms with Crippen LogP contribution < -0.4 is 10.2 Å². The maximum atomic E-state index is 13.1. The summed E-state index contributed by atoms with van der Waals surface area (Å²) >= 11 is 0. The molecule has 1 unspecified atom stereocenters. The number of anilines is 2. The fourth-order valence-electron chi connectivity index (χ4n) is 3.85. The van der Waals surface area contributed by atoms with E-state index in [4.69, 9.17) is 9.73 Å². The second-order valence-electron chi connectivity index (χ2n) is 7.90. The number of nitrogens with one attached hydrogen (secondary N) is 1. The second kappa shape index (κ2) is 9.70. The van der Waals surface area contributed by atoms with Gasteiger partial charge in [-0.05, 0) is 54.4 Å². The molecule has 2 amide bonds. The first-order chi connectivity index (χ1) is 16.4. The SMILES string of the molecule is CCOC(=O)c1ccc2c(c1)NC(=O)C2C(=Nc1ccc(N(C)C(C)=O)cc1)c1ccccc1. The Kier molecular flexibility index (Phi) is 6.54. The molecule has 7 heteroatoms. The molecule has 1 aliphatic heterocycles. The number of hydrogen-bond acceptors (Lipinski definition) is 5. The van der Waals surface area contributed by atoms with Gasteiger partial charge in [-0.2, -0.15) is 0 Å². The maximum Gasteiger partial charge on any atom is 0.338 e. The first kappa shape index (κ1) is 22.9. The van der Waals surface area contributed by atoms with Gasteiger partial charge in [-0.15, -0.1) is 0 Å². The summed E-state index contributed by atoms with van der Waals surface area (Å²) in [7, 11) is 1.71. The predicted octanol–water partition coefficient (Wildman–Crippen LogP) is 4.70. The Labute approximate surface area is 198 Å². The minimum absolute atomic E-state index is 0.0670. The maximum absolute atomic E-state index is 13.1. The number of aliphatic imine (C=N–C) groups is 1. The summed E-state index contributed by atoms with van der Waals surface area (Å²) in [5.41, 5.74) is 4.51. The molecule has 0 fully saturated rings. The van der Waals surface area contributed by atoms with E-state index in [9.17, 15) is 14.4 Å². The lowest BCUT2D eigenvalue weighted by molar-refractivity contribution is -0.116. The van der Waals surface area contributed by atoms with Crippen LogP contribution in [-0.4, -0.2) is 37.1 Å². The van der Waals surface area contributed by atoms with E-state index >= 15 is 0 Å². The van der Waals surface area contributed by atoms with Gasteiger partial charge >= 0.3 is 5.97 Å². The number of esters is 1. The topological polar surface area (TPSA) is 88.1 Å². The van der Waals surface area contributed by atoms with E-state index in [1.54, 1.807) is 37.1 Å². The first-order valence-electron chi connectivity index (χ1n) is 11.0. The standard InChI is InChI=1S/C27H25N3O4/c1-4-34-27(33)19-10-15-22-23(16-19)29-26(32)24(22)25(18-8-6-5-7-9-18)28-20-11-13-21(14-12-20)30(3)17(2)31/h5-16,24H,4H2,1-3H3,(H,29,32).